The lowest BCUT2D eigenvalue weighted by Gasteiger charge is -2.02. The highest BCUT2D eigenvalue weighted by atomic mass is 32.1. The molecule has 1 N–H and O–H groups in total. The van der Waals surface area contributed by atoms with Gasteiger partial charge in [0.05, 0.1) is 6.61 Å². The van der Waals surface area contributed by atoms with E-state index in [-0.39, 0.29) is 0 Å². The normalized spacial score (nSPS) is 10.9. The molecule has 20 heavy (non-hydrogen) atoms. The Morgan fingerprint density at radius 3 is 2.75 bits per heavy atom. The zero-order chi connectivity index (χ0) is 14.2. The zero-order valence-corrected chi connectivity index (χ0v) is 12.9. The van der Waals surface area contributed by atoms with Gasteiger partial charge in [-0.15, -0.1) is 21.5 Å². The first-order valence-electron chi connectivity index (χ1n) is 6.85. The molecule has 5 heteroatoms. The van der Waals surface area contributed by atoms with E-state index < -0.39 is 0 Å². The summed E-state index contributed by atoms with van der Waals surface area (Å²) in [5.74, 6) is 0. The first kappa shape index (κ1) is 15.1. The van der Waals surface area contributed by atoms with E-state index in [1.807, 2.05) is 0 Å². The smallest absolute Gasteiger partial charge is 0.131 e. The van der Waals surface area contributed by atoms with Crippen LogP contribution in [0.3, 0.4) is 0 Å². The summed E-state index contributed by atoms with van der Waals surface area (Å²) < 4.78 is 4.99. The Morgan fingerprint density at radius 2 is 1.95 bits per heavy atom. The Labute approximate surface area is 124 Å². The summed E-state index contributed by atoms with van der Waals surface area (Å²) >= 11 is 1.69. The monoisotopic (exact) mass is 291 g/mol. The van der Waals surface area contributed by atoms with Crippen LogP contribution in [-0.2, 0) is 24.1 Å². The van der Waals surface area contributed by atoms with Gasteiger partial charge in [0.1, 0.15) is 10.0 Å². The number of rotatable bonds is 8. The molecule has 1 aromatic carbocycles. The SMILES string of the molecule is COCCNCc1nnc(CCc2ccccc2C)s1. The van der Waals surface area contributed by atoms with E-state index in [2.05, 4.69) is 46.7 Å². The van der Waals surface area contributed by atoms with Crippen molar-refractivity contribution < 1.29 is 4.74 Å². The Hall–Kier alpha value is -1.30. The number of hydrogen-bond donors (Lipinski definition) is 1. The fourth-order valence-electron chi connectivity index (χ4n) is 1.96. The van der Waals surface area contributed by atoms with Crippen molar-refractivity contribution in [2.24, 2.45) is 0 Å². The van der Waals surface area contributed by atoms with Gasteiger partial charge in [0.2, 0.25) is 0 Å². The molecule has 2 rings (SSSR count). The minimum Gasteiger partial charge on any atom is -0.383 e. The maximum Gasteiger partial charge on any atom is 0.131 e. The molecule has 0 amide bonds. The fraction of sp³-hybridized carbons (Fsp3) is 0.467. The Bertz CT molecular complexity index is 527. The quantitative estimate of drug-likeness (QED) is 0.759. The molecule has 0 aliphatic carbocycles. The molecular formula is C15H21N3OS. The third-order valence-electron chi connectivity index (χ3n) is 3.14. The first-order valence-corrected chi connectivity index (χ1v) is 7.66. The molecule has 0 spiro atoms. The average molecular weight is 291 g/mol. The second-order valence-electron chi connectivity index (χ2n) is 4.69. The Kier molecular flexibility index (Phi) is 6.11. The molecule has 108 valence electrons. The van der Waals surface area contributed by atoms with Crippen molar-refractivity contribution in [3.63, 3.8) is 0 Å². The van der Waals surface area contributed by atoms with Crippen molar-refractivity contribution in [2.45, 2.75) is 26.3 Å². The maximum atomic E-state index is 4.99. The van der Waals surface area contributed by atoms with Crippen molar-refractivity contribution in [1.82, 2.24) is 15.5 Å². The van der Waals surface area contributed by atoms with Crippen LogP contribution in [0, 0.1) is 6.92 Å². The van der Waals surface area contributed by atoms with Gasteiger partial charge in [-0.1, -0.05) is 24.3 Å². The van der Waals surface area contributed by atoms with Gasteiger partial charge in [0.25, 0.3) is 0 Å². The maximum absolute atomic E-state index is 4.99. The van der Waals surface area contributed by atoms with Gasteiger partial charge < -0.3 is 10.1 Å². The van der Waals surface area contributed by atoms with E-state index in [1.165, 1.54) is 11.1 Å². The van der Waals surface area contributed by atoms with Crippen LogP contribution in [0.25, 0.3) is 0 Å². The number of nitrogens with one attached hydrogen (secondary N) is 1. The molecule has 0 bridgehead atoms. The minimum absolute atomic E-state index is 0.721. The summed E-state index contributed by atoms with van der Waals surface area (Å²) in [6, 6.07) is 8.51. The molecular weight excluding hydrogens is 270 g/mol. The second-order valence-corrected chi connectivity index (χ2v) is 5.83. The number of methoxy groups -OCH3 is 1. The van der Waals surface area contributed by atoms with Gasteiger partial charge in [-0.3, -0.25) is 0 Å². The predicted molar refractivity (Wildman–Crippen MR) is 82.1 cm³/mol. The third kappa shape index (κ3) is 4.67. The number of hydrogen-bond acceptors (Lipinski definition) is 5. The van der Waals surface area contributed by atoms with Gasteiger partial charge in [-0.2, -0.15) is 0 Å². The summed E-state index contributed by atoms with van der Waals surface area (Å²) in [6.45, 7) is 4.49. The zero-order valence-electron chi connectivity index (χ0n) is 12.1. The van der Waals surface area contributed by atoms with Crippen molar-refractivity contribution in [1.29, 1.82) is 0 Å². The molecule has 0 saturated heterocycles. The fourth-order valence-corrected chi connectivity index (χ4v) is 2.78. The Balaban J connectivity index is 1.79. The standard InChI is InChI=1S/C15H21N3OS/c1-12-5-3-4-6-13(12)7-8-14-17-18-15(20-14)11-16-9-10-19-2/h3-6,16H,7-11H2,1-2H3. The number of nitrogens with zero attached hydrogens (tertiary/aromatic N) is 2. The largest absolute Gasteiger partial charge is 0.383 e. The summed E-state index contributed by atoms with van der Waals surface area (Å²) in [5.41, 5.74) is 2.74. The topological polar surface area (TPSA) is 47.0 Å². The predicted octanol–water partition coefficient (Wildman–Crippen LogP) is 2.37. The molecule has 0 radical (unpaired) electrons. The average Bonchev–Trinajstić information content (AvgIpc) is 2.91. The lowest BCUT2D eigenvalue weighted by Crippen LogP contribution is -2.18. The van der Waals surface area contributed by atoms with E-state index in [1.54, 1.807) is 18.4 Å². The molecule has 0 aliphatic rings. The van der Waals surface area contributed by atoms with Crippen LogP contribution in [0.1, 0.15) is 21.1 Å². The highest BCUT2D eigenvalue weighted by Crippen LogP contribution is 2.14. The lowest BCUT2D eigenvalue weighted by atomic mass is 10.0. The first-order chi connectivity index (χ1) is 9.79. The van der Waals surface area contributed by atoms with Gasteiger partial charge >= 0.3 is 0 Å². The van der Waals surface area contributed by atoms with E-state index in [0.29, 0.717) is 0 Å². The number of ether oxygens (including phenoxy) is 1. The summed E-state index contributed by atoms with van der Waals surface area (Å²) in [7, 11) is 1.70. The molecule has 1 heterocycles. The summed E-state index contributed by atoms with van der Waals surface area (Å²) in [6.07, 6.45) is 1.99. The van der Waals surface area contributed by atoms with Crippen LogP contribution >= 0.6 is 11.3 Å². The number of aromatic nitrogens is 2. The van der Waals surface area contributed by atoms with Crippen LogP contribution in [0.5, 0.6) is 0 Å². The van der Waals surface area contributed by atoms with Crippen LogP contribution in [-0.4, -0.2) is 30.5 Å². The molecule has 0 fully saturated rings. The van der Waals surface area contributed by atoms with Crippen LogP contribution < -0.4 is 5.32 Å². The second kappa shape index (κ2) is 8.09. The van der Waals surface area contributed by atoms with Gasteiger partial charge in [-0.25, -0.2) is 0 Å². The molecule has 4 nitrogen and oxygen atoms in total. The van der Waals surface area contributed by atoms with Crippen molar-refractivity contribution >= 4 is 11.3 Å². The molecule has 2 aromatic rings. The van der Waals surface area contributed by atoms with Gasteiger partial charge in [0, 0.05) is 26.6 Å². The van der Waals surface area contributed by atoms with Crippen LogP contribution in [0.2, 0.25) is 0 Å². The molecule has 0 unspecified atom stereocenters. The van der Waals surface area contributed by atoms with Crippen LogP contribution in [0.15, 0.2) is 24.3 Å². The minimum atomic E-state index is 0.721. The molecule has 0 saturated carbocycles. The summed E-state index contributed by atoms with van der Waals surface area (Å²) in [4.78, 5) is 0. The Morgan fingerprint density at radius 1 is 1.15 bits per heavy atom. The number of benzene rings is 1. The highest BCUT2D eigenvalue weighted by molar-refractivity contribution is 7.11. The van der Waals surface area contributed by atoms with Crippen molar-refractivity contribution in [3.8, 4) is 0 Å². The van der Waals surface area contributed by atoms with E-state index >= 15 is 0 Å². The molecule has 1 aromatic heterocycles. The third-order valence-corrected chi connectivity index (χ3v) is 4.12. The van der Waals surface area contributed by atoms with Crippen molar-refractivity contribution in [3.05, 3.63) is 45.4 Å². The summed E-state index contributed by atoms with van der Waals surface area (Å²) in [5, 5.41) is 13.9. The number of aryl methyl sites for hydroxylation is 3. The van der Waals surface area contributed by atoms with Gasteiger partial charge in [-0.05, 0) is 24.5 Å². The molecule has 0 atom stereocenters. The van der Waals surface area contributed by atoms with Crippen LogP contribution in [0.4, 0.5) is 0 Å². The van der Waals surface area contributed by atoms with E-state index in [4.69, 9.17) is 4.74 Å². The van der Waals surface area contributed by atoms with Gasteiger partial charge in [0.15, 0.2) is 0 Å². The lowest BCUT2D eigenvalue weighted by molar-refractivity contribution is 0.199. The molecule has 0 aliphatic heterocycles. The van der Waals surface area contributed by atoms with E-state index in [9.17, 15) is 0 Å². The van der Waals surface area contributed by atoms with Crippen molar-refractivity contribution in [2.75, 3.05) is 20.3 Å². The highest BCUT2D eigenvalue weighted by Gasteiger charge is 2.05. The van der Waals surface area contributed by atoms with E-state index in [0.717, 1.165) is 42.6 Å².